The smallest absolute Gasteiger partial charge is 0.313 e. The molecule has 0 radical (unpaired) electrons. The molecule has 6 nitrogen and oxygen atoms in total. The fourth-order valence-corrected chi connectivity index (χ4v) is 3.22. The molecule has 2 aromatic carbocycles. The molecule has 31 heavy (non-hydrogen) atoms. The number of carbonyl (C=O) groups excluding carboxylic acids is 3. The summed E-state index contributed by atoms with van der Waals surface area (Å²) in [5.74, 6) is -1.75. The SMILES string of the molecule is CCCCCCCCNC(=O)C(=O)Nc1ccccc1C(=O)NCCc1ccccc1. The molecule has 2 rings (SSSR count). The third-order valence-electron chi connectivity index (χ3n) is 4.98. The third-order valence-corrected chi connectivity index (χ3v) is 4.98. The number of amides is 3. The zero-order valence-electron chi connectivity index (χ0n) is 18.3. The summed E-state index contributed by atoms with van der Waals surface area (Å²) < 4.78 is 0. The van der Waals surface area contributed by atoms with E-state index < -0.39 is 11.8 Å². The van der Waals surface area contributed by atoms with Crippen molar-refractivity contribution in [1.82, 2.24) is 10.6 Å². The quantitative estimate of drug-likeness (QED) is 0.355. The Morgan fingerprint density at radius 3 is 2.16 bits per heavy atom. The van der Waals surface area contributed by atoms with E-state index in [1.54, 1.807) is 24.3 Å². The highest BCUT2D eigenvalue weighted by Gasteiger charge is 2.17. The van der Waals surface area contributed by atoms with Crippen LogP contribution in [0.5, 0.6) is 0 Å². The summed E-state index contributed by atoms with van der Waals surface area (Å²) in [5, 5.41) is 8.06. The molecule has 0 aliphatic carbocycles. The number of hydrogen-bond donors (Lipinski definition) is 3. The van der Waals surface area contributed by atoms with Crippen LogP contribution < -0.4 is 16.0 Å². The second-order valence-electron chi connectivity index (χ2n) is 7.51. The molecule has 0 atom stereocenters. The summed E-state index contributed by atoms with van der Waals surface area (Å²) >= 11 is 0. The van der Waals surface area contributed by atoms with Crippen LogP contribution in [0.1, 0.15) is 61.4 Å². The van der Waals surface area contributed by atoms with Gasteiger partial charge in [-0.15, -0.1) is 0 Å². The number of anilines is 1. The summed E-state index contributed by atoms with van der Waals surface area (Å²) in [4.78, 5) is 36.9. The van der Waals surface area contributed by atoms with Gasteiger partial charge in [-0.2, -0.15) is 0 Å². The van der Waals surface area contributed by atoms with Crippen LogP contribution in [0, 0.1) is 0 Å². The van der Waals surface area contributed by atoms with Crippen molar-refractivity contribution in [2.75, 3.05) is 18.4 Å². The van der Waals surface area contributed by atoms with Crippen LogP contribution in [0.2, 0.25) is 0 Å². The fourth-order valence-electron chi connectivity index (χ4n) is 3.22. The van der Waals surface area contributed by atoms with Gasteiger partial charge in [0.2, 0.25) is 0 Å². The molecule has 0 bridgehead atoms. The average molecular weight is 424 g/mol. The molecule has 6 heteroatoms. The maximum atomic E-state index is 12.6. The van der Waals surface area contributed by atoms with Gasteiger partial charge >= 0.3 is 11.8 Å². The molecule has 0 aromatic heterocycles. The number of rotatable bonds is 12. The minimum atomic E-state index is -0.768. The Labute approximate surface area is 184 Å². The molecule has 0 unspecified atom stereocenters. The van der Waals surface area contributed by atoms with Gasteiger partial charge in [0.05, 0.1) is 11.3 Å². The minimum Gasteiger partial charge on any atom is -0.352 e. The number of hydrogen-bond acceptors (Lipinski definition) is 3. The Bertz CT molecular complexity index is 837. The zero-order valence-corrected chi connectivity index (χ0v) is 18.3. The normalized spacial score (nSPS) is 10.4. The average Bonchev–Trinajstić information content (AvgIpc) is 2.79. The number of unbranched alkanes of at least 4 members (excludes halogenated alkanes) is 5. The molecule has 0 aliphatic rings. The molecular formula is C25H33N3O3. The Hall–Kier alpha value is -3.15. The first-order valence-electron chi connectivity index (χ1n) is 11.1. The molecule has 0 saturated heterocycles. The van der Waals surface area contributed by atoms with Crippen LogP contribution in [0.15, 0.2) is 54.6 Å². The highest BCUT2D eigenvalue weighted by Crippen LogP contribution is 2.15. The second kappa shape index (κ2) is 14.0. The Morgan fingerprint density at radius 1 is 0.710 bits per heavy atom. The van der Waals surface area contributed by atoms with Crippen LogP contribution >= 0.6 is 0 Å². The van der Waals surface area contributed by atoms with E-state index >= 15 is 0 Å². The van der Waals surface area contributed by atoms with Gasteiger partial charge in [-0.3, -0.25) is 14.4 Å². The maximum Gasteiger partial charge on any atom is 0.313 e. The molecule has 0 saturated carbocycles. The van der Waals surface area contributed by atoms with Crippen molar-refractivity contribution < 1.29 is 14.4 Å². The van der Waals surface area contributed by atoms with Gasteiger partial charge in [-0.05, 0) is 30.5 Å². The lowest BCUT2D eigenvalue weighted by molar-refractivity contribution is -0.136. The predicted octanol–water partition coefficient (Wildman–Crippen LogP) is 4.07. The van der Waals surface area contributed by atoms with Crippen LogP contribution in [-0.4, -0.2) is 30.8 Å². The highest BCUT2D eigenvalue weighted by molar-refractivity contribution is 6.40. The van der Waals surface area contributed by atoms with E-state index in [0.717, 1.165) is 24.8 Å². The summed E-state index contributed by atoms with van der Waals surface area (Å²) in [6.07, 6.45) is 7.37. The number of carbonyl (C=O) groups is 3. The lowest BCUT2D eigenvalue weighted by Gasteiger charge is -2.11. The number of nitrogens with one attached hydrogen (secondary N) is 3. The molecule has 0 fully saturated rings. The van der Waals surface area contributed by atoms with E-state index in [1.807, 2.05) is 30.3 Å². The summed E-state index contributed by atoms with van der Waals surface area (Å²) in [5.41, 5.74) is 1.78. The maximum absolute atomic E-state index is 12.6. The third kappa shape index (κ3) is 9.03. The molecule has 3 amide bonds. The van der Waals surface area contributed by atoms with Gasteiger partial charge in [0.15, 0.2) is 0 Å². The minimum absolute atomic E-state index is 0.292. The van der Waals surface area contributed by atoms with E-state index in [1.165, 1.54) is 19.3 Å². The van der Waals surface area contributed by atoms with Crippen molar-refractivity contribution >= 4 is 23.4 Å². The summed E-state index contributed by atoms with van der Waals surface area (Å²) in [7, 11) is 0. The molecule has 0 spiro atoms. The first-order chi connectivity index (χ1) is 15.1. The van der Waals surface area contributed by atoms with E-state index in [-0.39, 0.29) is 5.91 Å². The van der Waals surface area contributed by atoms with Crippen molar-refractivity contribution in [2.45, 2.75) is 51.9 Å². The zero-order chi connectivity index (χ0) is 22.3. The van der Waals surface area contributed by atoms with E-state index in [9.17, 15) is 14.4 Å². The van der Waals surface area contributed by atoms with E-state index in [4.69, 9.17) is 0 Å². The van der Waals surface area contributed by atoms with Gasteiger partial charge in [-0.25, -0.2) is 0 Å². The van der Waals surface area contributed by atoms with E-state index in [2.05, 4.69) is 22.9 Å². The van der Waals surface area contributed by atoms with Gasteiger partial charge in [0.1, 0.15) is 0 Å². The number of para-hydroxylation sites is 1. The predicted molar refractivity (Wildman–Crippen MR) is 124 cm³/mol. The van der Waals surface area contributed by atoms with Gasteiger partial charge in [-0.1, -0.05) is 81.5 Å². The van der Waals surface area contributed by atoms with Crippen LogP contribution in [0.3, 0.4) is 0 Å². The van der Waals surface area contributed by atoms with Crippen molar-refractivity contribution in [1.29, 1.82) is 0 Å². The van der Waals surface area contributed by atoms with Crippen molar-refractivity contribution in [3.63, 3.8) is 0 Å². The standard InChI is InChI=1S/C25H33N3O3/c1-2-3-4-5-6-12-18-26-24(30)25(31)28-22-16-11-10-15-21(22)23(29)27-19-17-20-13-8-7-9-14-20/h7-11,13-16H,2-6,12,17-19H2,1H3,(H,26,30)(H,27,29)(H,28,31). The summed E-state index contributed by atoms with van der Waals surface area (Å²) in [6, 6.07) is 16.6. The molecule has 0 aliphatic heterocycles. The van der Waals surface area contributed by atoms with Crippen molar-refractivity contribution in [3.05, 3.63) is 65.7 Å². The highest BCUT2D eigenvalue weighted by atomic mass is 16.2. The Morgan fingerprint density at radius 2 is 1.39 bits per heavy atom. The molecule has 0 heterocycles. The van der Waals surface area contributed by atoms with Crippen LogP contribution in [0.25, 0.3) is 0 Å². The number of benzene rings is 2. The molecule has 3 N–H and O–H groups in total. The van der Waals surface area contributed by atoms with Gasteiger partial charge in [0, 0.05) is 13.1 Å². The monoisotopic (exact) mass is 423 g/mol. The van der Waals surface area contributed by atoms with Crippen LogP contribution in [-0.2, 0) is 16.0 Å². The lowest BCUT2D eigenvalue weighted by atomic mass is 10.1. The van der Waals surface area contributed by atoms with E-state index in [0.29, 0.717) is 30.8 Å². The summed E-state index contributed by atoms with van der Waals surface area (Å²) in [6.45, 7) is 3.12. The fraction of sp³-hybridized carbons (Fsp3) is 0.400. The molecular weight excluding hydrogens is 390 g/mol. The molecule has 2 aromatic rings. The largest absolute Gasteiger partial charge is 0.352 e. The first-order valence-corrected chi connectivity index (χ1v) is 11.1. The first kappa shape index (κ1) is 24.1. The van der Waals surface area contributed by atoms with Gasteiger partial charge in [0.25, 0.3) is 5.91 Å². The Kier molecular flexibility index (Phi) is 10.9. The lowest BCUT2D eigenvalue weighted by Crippen LogP contribution is -2.36. The van der Waals surface area contributed by atoms with Crippen molar-refractivity contribution in [3.8, 4) is 0 Å². The molecule has 166 valence electrons. The topological polar surface area (TPSA) is 87.3 Å². The van der Waals surface area contributed by atoms with Crippen molar-refractivity contribution in [2.24, 2.45) is 0 Å². The van der Waals surface area contributed by atoms with Gasteiger partial charge < -0.3 is 16.0 Å². The van der Waals surface area contributed by atoms with Crippen LogP contribution in [0.4, 0.5) is 5.69 Å². The Balaban J connectivity index is 1.78. The second-order valence-corrected chi connectivity index (χ2v) is 7.51.